The number of amides is 1. The lowest BCUT2D eigenvalue weighted by Gasteiger charge is -2.28. The zero-order valence-corrected chi connectivity index (χ0v) is 13.8. The van der Waals surface area contributed by atoms with Gasteiger partial charge in [-0.15, -0.1) is 0 Å². The van der Waals surface area contributed by atoms with Crippen molar-refractivity contribution in [2.24, 2.45) is 0 Å². The van der Waals surface area contributed by atoms with E-state index in [1.807, 2.05) is 25.7 Å². The van der Waals surface area contributed by atoms with Gasteiger partial charge >= 0.3 is 12.1 Å². The molecule has 2 heterocycles. The van der Waals surface area contributed by atoms with Gasteiger partial charge in [-0.25, -0.2) is 19.6 Å². The van der Waals surface area contributed by atoms with E-state index in [-0.39, 0.29) is 18.0 Å². The van der Waals surface area contributed by atoms with Crippen LogP contribution >= 0.6 is 0 Å². The largest absolute Gasteiger partial charge is 0.475 e. The number of aromatic nitrogens is 2. The number of hydrogen-bond acceptors (Lipinski definition) is 6. The van der Waals surface area contributed by atoms with Crippen LogP contribution in [0.1, 0.15) is 37.8 Å². The molecule has 2 rings (SSSR count). The van der Waals surface area contributed by atoms with Gasteiger partial charge in [0.25, 0.3) is 0 Å². The molecule has 126 valence electrons. The SMILES string of the molecule is CN(C(=O)OC(C)(C)C)C1CCN(c2cnc(C(=O)O)nc2)C1. The Morgan fingerprint density at radius 3 is 2.48 bits per heavy atom. The minimum Gasteiger partial charge on any atom is -0.475 e. The van der Waals surface area contributed by atoms with Crippen LogP contribution in [-0.4, -0.2) is 63.8 Å². The van der Waals surface area contributed by atoms with Crippen molar-refractivity contribution in [3.8, 4) is 0 Å². The van der Waals surface area contributed by atoms with Gasteiger partial charge in [-0.05, 0) is 27.2 Å². The molecule has 0 radical (unpaired) electrons. The van der Waals surface area contributed by atoms with Crippen LogP contribution in [0, 0.1) is 0 Å². The number of rotatable bonds is 3. The summed E-state index contributed by atoms with van der Waals surface area (Å²) in [6.07, 6.45) is 3.44. The lowest BCUT2D eigenvalue weighted by atomic mass is 10.2. The van der Waals surface area contributed by atoms with Gasteiger partial charge in [-0.1, -0.05) is 0 Å². The van der Waals surface area contributed by atoms with Crippen LogP contribution in [0.15, 0.2) is 12.4 Å². The fourth-order valence-corrected chi connectivity index (χ4v) is 2.37. The number of hydrogen-bond donors (Lipinski definition) is 1. The molecule has 23 heavy (non-hydrogen) atoms. The van der Waals surface area contributed by atoms with Crippen LogP contribution in [0.4, 0.5) is 10.5 Å². The monoisotopic (exact) mass is 322 g/mol. The second-order valence-electron chi connectivity index (χ2n) is 6.55. The van der Waals surface area contributed by atoms with Crippen molar-refractivity contribution in [2.45, 2.75) is 38.8 Å². The second kappa shape index (κ2) is 6.39. The van der Waals surface area contributed by atoms with Gasteiger partial charge in [0, 0.05) is 20.1 Å². The fourth-order valence-electron chi connectivity index (χ4n) is 2.37. The normalized spacial score (nSPS) is 17.9. The number of nitrogens with zero attached hydrogens (tertiary/aromatic N) is 4. The predicted octanol–water partition coefficient (Wildman–Crippen LogP) is 1.62. The number of carboxylic acid groups (broad SMARTS) is 1. The molecule has 0 saturated carbocycles. The highest BCUT2D eigenvalue weighted by molar-refractivity contribution is 5.83. The number of carbonyl (C=O) groups is 2. The molecule has 0 aromatic carbocycles. The summed E-state index contributed by atoms with van der Waals surface area (Å²) < 4.78 is 5.37. The zero-order chi connectivity index (χ0) is 17.2. The van der Waals surface area contributed by atoms with Crippen molar-refractivity contribution in [1.82, 2.24) is 14.9 Å². The molecule has 1 N–H and O–H groups in total. The molecular formula is C15H22N4O4. The first-order valence-electron chi connectivity index (χ1n) is 7.43. The van der Waals surface area contributed by atoms with Gasteiger partial charge in [-0.2, -0.15) is 0 Å². The van der Waals surface area contributed by atoms with E-state index in [0.717, 1.165) is 18.7 Å². The minimum absolute atomic E-state index is 0.0315. The van der Waals surface area contributed by atoms with E-state index in [1.54, 1.807) is 11.9 Å². The number of likely N-dealkylation sites (N-methyl/N-ethyl adjacent to an activating group) is 1. The lowest BCUT2D eigenvalue weighted by Crippen LogP contribution is -2.42. The van der Waals surface area contributed by atoms with Crippen molar-refractivity contribution >= 4 is 17.7 Å². The first-order valence-corrected chi connectivity index (χ1v) is 7.43. The number of carbonyl (C=O) groups excluding carboxylic acids is 1. The van der Waals surface area contributed by atoms with E-state index < -0.39 is 11.6 Å². The number of anilines is 1. The third-order valence-corrected chi connectivity index (χ3v) is 3.59. The van der Waals surface area contributed by atoms with Crippen LogP contribution in [-0.2, 0) is 4.74 Å². The van der Waals surface area contributed by atoms with E-state index >= 15 is 0 Å². The third-order valence-electron chi connectivity index (χ3n) is 3.59. The highest BCUT2D eigenvalue weighted by atomic mass is 16.6. The van der Waals surface area contributed by atoms with E-state index in [4.69, 9.17) is 9.84 Å². The third kappa shape index (κ3) is 4.30. The van der Waals surface area contributed by atoms with Crippen molar-refractivity contribution in [3.63, 3.8) is 0 Å². The zero-order valence-electron chi connectivity index (χ0n) is 13.8. The van der Waals surface area contributed by atoms with Gasteiger partial charge in [0.05, 0.1) is 24.1 Å². The summed E-state index contributed by atoms with van der Waals surface area (Å²) in [6.45, 7) is 6.88. The molecular weight excluding hydrogens is 300 g/mol. The maximum Gasteiger partial charge on any atom is 0.410 e. The Labute approximate surface area is 135 Å². The smallest absolute Gasteiger partial charge is 0.410 e. The highest BCUT2D eigenvalue weighted by Crippen LogP contribution is 2.22. The molecule has 1 saturated heterocycles. The molecule has 8 nitrogen and oxygen atoms in total. The van der Waals surface area contributed by atoms with E-state index in [2.05, 4.69) is 9.97 Å². The summed E-state index contributed by atoms with van der Waals surface area (Å²) in [5.41, 5.74) is 0.222. The first kappa shape index (κ1) is 17.0. The maximum atomic E-state index is 12.1. The Bertz CT molecular complexity index is 582. The average molecular weight is 322 g/mol. The lowest BCUT2D eigenvalue weighted by molar-refractivity contribution is 0.0237. The van der Waals surface area contributed by atoms with Crippen LogP contribution < -0.4 is 4.90 Å². The standard InChI is InChI=1S/C15H22N4O4/c1-15(2,3)23-14(22)18(4)10-5-6-19(9-10)11-7-16-12(13(20)21)17-8-11/h7-8,10H,5-6,9H2,1-4H3,(H,20,21). The second-order valence-corrected chi connectivity index (χ2v) is 6.55. The molecule has 0 bridgehead atoms. The summed E-state index contributed by atoms with van der Waals surface area (Å²) in [5.74, 6) is -1.38. The summed E-state index contributed by atoms with van der Waals surface area (Å²) in [5, 5.41) is 8.81. The van der Waals surface area contributed by atoms with E-state index in [1.165, 1.54) is 12.4 Å². The predicted molar refractivity (Wildman–Crippen MR) is 83.6 cm³/mol. The summed E-state index contributed by atoms with van der Waals surface area (Å²) in [7, 11) is 1.73. The van der Waals surface area contributed by atoms with Gasteiger partial charge in [0.15, 0.2) is 0 Å². The molecule has 1 aromatic heterocycles. The first-order chi connectivity index (χ1) is 10.7. The Balaban J connectivity index is 1.97. The minimum atomic E-state index is -1.15. The van der Waals surface area contributed by atoms with Gasteiger partial charge < -0.3 is 19.6 Å². The molecule has 8 heteroatoms. The molecule has 1 unspecified atom stereocenters. The molecule has 1 amide bonds. The number of ether oxygens (including phenoxy) is 1. The molecule has 1 atom stereocenters. The fraction of sp³-hybridized carbons (Fsp3) is 0.600. The number of carboxylic acids is 1. The quantitative estimate of drug-likeness (QED) is 0.903. The van der Waals surface area contributed by atoms with Crippen LogP contribution in [0.25, 0.3) is 0 Å². The van der Waals surface area contributed by atoms with Crippen LogP contribution in [0.3, 0.4) is 0 Å². The Morgan fingerprint density at radius 1 is 1.35 bits per heavy atom. The van der Waals surface area contributed by atoms with E-state index in [0.29, 0.717) is 6.54 Å². The van der Waals surface area contributed by atoms with Crippen molar-refractivity contribution in [2.75, 3.05) is 25.0 Å². The van der Waals surface area contributed by atoms with Gasteiger partial charge in [0.2, 0.25) is 5.82 Å². The van der Waals surface area contributed by atoms with Gasteiger partial charge in [0.1, 0.15) is 5.60 Å². The molecule has 0 aliphatic carbocycles. The van der Waals surface area contributed by atoms with Crippen molar-refractivity contribution in [3.05, 3.63) is 18.2 Å². The molecule has 0 spiro atoms. The Kier molecular flexibility index (Phi) is 4.72. The van der Waals surface area contributed by atoms with E-state index in [9.17, 15) is 9.59 Å². The summed E-state index contributed by atoms with van der Waals surface area (Å²) in [6, 6.07) is 0.0315. The molecule has 1 fully saturated rings. The number of aromatic carboxylic acids is 1. The summed E-state index contributed by atoms with van der Waals surface area (Å²) in [4.78, 5) is 34.1. The van der Waals surface area contributed by atoms with Crippen LogP contribution in [0.5, 0.6) is 0 Å². The maximum absolute atomic E-state index is 12.1. The average Bonchev–Trinajstić information content (AvgIpc) is 2.94. The van der Waals surface area contributed by atoms with Crippen molar-refractivity contribution < 1.29 is 19.4 Å². The highest BCUT2D eigenvalue weighted by Gasteiger charge is 2.31. The molecule has 1 aliphatic heterocycles. The summed E-state index contributed by atoms with van der Waals surface area (Å²) >= 11 is 0. The van der Waals surface area contributed by atoms with Gasteiger partial charge in [-0.3, -0.25) is 0 Å². The topological polar surface area (TPSA) is 95.9 Å². The van der Waals surface area contributed by atoms with Crippen molar-refractivity contribution in [1.29, 1.82) is 0 Å². The molecule has 1 aromatic rings. The van der Waals surface area contributed by atoms with Crippen LogP contribution in [0.2, 0.25) is 0 Å². The Hall–Kier alpha value is -2.38. The molecule has 1 aliphatic rings. The Morgan fingerprint density at radius 2 is 1.96 bits per heavy atom.